The molecule has 1 unspecified atom stereocenters. The lowest BCUT2D eigenvalue weighted by molar-refractivity contribution is -0.384. The maximum absolute atomic E-state index is 10.8. The van der Waals surface area contributed by atoms with Crippen LogP contribution in [0.1, 0.15) is 18.9 Å². The Morgan fingerprint density at radius 3 is 2.79 bits per heavy atom. The summed E-state index contributed by atoms with van der Waals surface area (Å²) in [6, 6.07) is 6.99. The largest absolute Gasteiger partial charge is 0.388 e. The Labute approximate surface area is 112 Å². The minimum absolute atomic E-state index is 0.0790. The second kappa shape index (κ2) is 6.71. The number of hydrogen-bond acceptors (Lipinski definition) is 5. The smallest absolute Gasteiger partial charge is 0.269 e. The van der Waals surface area contributed by atoms with Crippen molar-refractivity contribution in [3.63, 3.8) is 0 Å². The van der Waals surface area contributed by atoms with Gasteiger partial charge in [0.2, 0.25) is 0 Å². The number of nitriles is 1. The van der Waals surface area contributed by atoms with Crippen molar-refractivity contribution in [2.24, 2.45) is 0 Å². The van der Waals surface area contributed by atoms with Gasteiger partial charge in [-0.05, 0) is 25.6 Å². The van der Waals surface area contributed by atoms with E-state index >= 15 is 0 Å². The van der Waals surface area contributed by atoms with E-state index in [2.05, 4.69) is 11.4 Å². The molecule has 1 atom stereocenters. The summed E-state index contributed by atoms with van der Waals surface area (Å²) < 4.78 is 0. The Bertz CT molecular complexity index is 496. The fraction of sp³-hybridized carbons (Fsp3) is 0.462. The van der Waals surface area contributed by atoms with Gasteiger partial charge in [0.15, 0.2) is 0 Å². The molecular formula is C13H18N4O2. The van der Waals surface area contributed by atoms with Crippen LogP contribution in [-0.2, 0) is 6.54 Å². The monoisotopic (exact) mass is 262 g/mol. The molecule has 0 radical (unpaired) electrons. The van der Waals surface area contributed by atoms with Crippen LogP contribution in [0.5, 0.6) is 0 Å². The van der Waals surface area contributed by atoms with Crippen LogP contribution >= 0.6 is 0 Å². The first-order valence-electron chi connectivity index (χ1n) is 6.01. The number of hydrogen-bond donors (Lipinski definition) is 1. The van der Waals surface area contributed by atoms with Crippen LogP contribution in [0.15, 0.2) is 18.2 Å². The van der Waals surface area contributed by atoms with E-state index in [4.69, 9.17) is 5.26 Å². The van der Waals surface area contributed by atoms with Crippen molar-refractivity contribution >= 4 is 11.4 Å². The SMILES string of the molecule is CNc1ccc([N+](=O)[O-])cc1CN(C)C(C)CC#N. The van der Waals surface area contributed by atoms with Crippen molar-refractivity contribution in [1.82, 2.24) is 4.90 Å². The van der Waals surface area contributed by atoms with Gasteiger partial charge in [0.05, 0.1) is 17.4 Å². The molecule has 6 nitrogen and oxygen atoms in total. The number of rotatable bonds is 6. The van der Waals surface area contributed by atoms with Crippen molar-refractivity contribution < 1.29 is 4.92 Å². The highest BCUT2D eigenvalue weighted by atomic mass is 16.6. The Morgan fingerprint density at radius 1 is 1.58 bits per heavy atom. The molecule has 0 bridgehead atoms. The van der Waals surface area contributed by atoms with Gasteiger partial charge in [-0.1, -0.05) is 0 Å². The summed E-state index contributed by atoms with van der Waals surface area (Å²) in [6.07, 6.45) is 0.431. The second-order valence-electron chi connectivity index (χ2n) is 4.47. The molecule has 0 spiro atoms. The zero-order valence-electron chi connectivity index (χ0n) is 11.4. The first kappa shape index (κ1) is 14.9. The topological polar surface area (TPSA) is 82.2 Å². The third-order valence-electron chi connectivity index (χ3n) is 3.13. The molecule has 102 valence electrons. The lowest BCUT2D eigenvalue weighted by Crippen LogP contribution is -2.28. The molecular weight excluding hydrogens is 244 g/mol. The third kappa shape index (κ3) is 3.93. The fourth-order valence-corrected chi connectivity index (χ4v) is 1.78. The van der Waals surface area contributed by atoms with Gasteiger partial charge in [-0.15, -0.1) is 0 Å². The molecule has 0 aromatic heterocycles. The second-order valence-corrected chi connectivity index (χ2v) is 4.47. The summed E-state index contributed by atoms with van der Waals surface area (Å²) in [7, 11) is 3.68. The van der Waals surface area contributed by atoms with E-state index in [1.807, 2.05) is 18.9 Å². The third-order valence-corrected chi connectivity index (χ3v) is 3.13. The number of nitrogens with zero attached hydrogens (tertiary/aromatic N) is 3. The Hall–Kier alpha value is -2.13. The van der Waals surface area contributed by atoms with Gasteiger partial charge in [0, 0.05) is 37.5 Å². The predicted molar refractivity (Wildman–Crippen MR) is 73.8 cm³/mol. The highest BCUT2D eigenvalue weighted by molar-refractivity contribution is 5.55. The van der Waals surface area contributed by atoms with Gasteiger partial charge in [0.1, 0.15) is 0 Å². The summed E-state index contributed by atoms with van der Waals surface area (Å²) >= 11 is 0. The molecule has 6 heteroatoms. The molecule has 0 saturated carbocycles. The summed E-state index contributed by atoms with van der Waals surface area (Å²) in [5.74, 6) is 0. The van der Waals surface area contributed by atoms with Crippen LogP contribution in [0.25, 0.3) is 0 Å². The van der Waals surface area contributed by atoms with Crippen molar-refractivity contribution in [1.29, 1.82) is 5.26 Å². The summed E-state index contributed by atoms with van der Waals surface area (Å²) in [4.78, 5) is 12.4. The lowest BCUT2D eigenvalue weighted by Gasteiger charge is -2.23. The van der Waals surface area contributed by atoms with E-state index in [1.165, 1.54) is 6.07 Å². The van der Waals surface area contributed by atoms with Crippen molar-refractivity contribution in [2.75, 3.05) is 19.4 Å². The average Bonchev–Trinajstić information content (AvgIpc) is 2.38. The minimum Gasteiger partial charge on any atom is -0.388 e. The number of nitrogens with one attached hydrogen (secondary N) is 1. The first-order chi connectivity index (χ1) is 8.99. The van der Waals surface area contributed by atoms with Gasteiger partial charge in [-0.25, -0.2) is 0 Å². The zero-order chi connectivity index (χ0) is 14.4. The zero-order valence-corrected chi connectivity index (χ0v) is 11.4. The number of nitro benzene ring substituents is 1. The van der Waals surface area contributed by atoms with Gasteiger partial charge in [-0.2, -0.15) is 5.26 Å². The Kier molecular flexibility index (Phi) is 5.27. The predicted octanol–water partition coefficient (Wildman–Crippen LogP) is 2.37. The number of nitro groups is 1. The van der Waals surface area contributed by atoms with Gasteiger partial charge in [-0.3, -0.25) is 15.0 Å². The molecule has 0 aliphatic carbocycles. The van der Waals surface area contributed by atoms with Gasteiger partial charge >= 0.3 is 0 Å². The van der Waals surface area contributed by atoms with E-state index in [0.29, 0.717) is 13.0 Å². The lowest BCUT2D eigenvalue weighted by atomic mass is 10.1. The number of non-ortho nitro benzene ring substituents is 1. The average molecular weight is 262 g/mol. The van der Waals surface area contributed by atoms with Crippen LogP contribution in [-0.4, -0.2) is 30.0 Å². The van der Waals surface area contributed by atoms with Crippen molar-refractivity contribution in [3.8, 4) is 6.07 Å². The molecule has 0 amide bonds. The minimum atomic E-state index is -0.401. The molecule has 0 saturated heterocycles. The molecule has 0 fully saturated rings. The molecule has 0 aliphatic rings. The van der Waals surface area contributed by atoms with Crippen LogP contribution < -0.4 is 5.32 Å². The summed E-state index contributed by atoms with van der Waals surface area (Å²) in [5.41, 5.74) is 1.79. The van der Waals surface area contributed by atoms with Crippen molar-refractivity contribution in [3.05, 3.63) is 33.9 Å². The van der Waals surface area contributed by atoms with E-state index in [-0.39, 0.29) is 11.7 Å². The first-order valence-corrected chi connectivity index (χ1v) is 6.01. The van der Waals surface area contributed by atoms with Crippen LogP contribution in [0.3, 0.4) is 0 Å². The molecule has 0 aliphatic heterocycles. The molecule has 1 rings (SSSR count). The van der Waals surface area contributed by atoms with Crippen LogP contribution in [0.2, 0.25) is 0 Å². The number of benzene rings is 1. The highest BCUT2D eigenvalue weighted by Gasteiger charge is 2.14. The highest BCUT2D eigenvalue weighted by Crippen LogP contribution is 2.23. The van der Waals surface area contributed by atoms with Crippen LogP contribution in [0, 0.1) is 21.4 Å². The molecule has 19 heavy (non-hydrogen) atoms. The maximum atomic E-state index is 10.8. The molecule has 1 N–H and O–H groups in total. The van der Waals surface area contributed by atoms with E-state index in [0.717, 1.165) is 11.3 Å². The van der Waals surface area contributed by atoms with Crippen molar-refractivity contribution in [2.45, 2.75) is 25.9 Å². The van der Waals surface area contributed by atoms with Gasteiger partial charge < -0.3 is 5.32 Å². The quantitative estimate of drug-likeness (QED) is 0.628. The summed E-state index contributed by atoms with van der Waals surface area (Å²) in [6.45, 7) is 2.51. The summed E-state index contributed by atoms with van der Waals surface area (Å²) in [5, 5.41) is 22.5. The molecule has 1 aromatic rings. The van der Waals surface area contributed by atoms with E-state index in [9.17, 15) is 10.1 Å². The Balaban J connectivity index is 2.95. The van der Waals surface area contributed by atoms with Gasteiger partial charge in [0.25, 0.3) is 5.69 Å². The maximum Gasteiger partial charge on any atom is 0.269 e. The van der Waals surface area contributed by atoms with E-state index in [1.54, 1.807) is 19.2 Å². The Morgan fingerprint density at radius 2 is 2.26 bits per heavy atom. The number of anilines is 1. The fourth-order valence-electron chi connectivity index (χ4n) is 1.78. The normalized spacial score (nSPS) is 11.9. The standard InChI is InChI=1S/C13H18N4O2/c1-10(6-7-14)16(3)9-11-8-12(17(18)19)4-5-13(11)15-2/h4-5,8,10,15H,6,9H2,1-3H3. The van der Waals surface area contributed by atoms with E-state index < -0.39 is 4.92 Å². The molecule has 1 aromatic carbocycles. The molecule has 0 heterocycles. The van der Waals surface area contributed by atoms with Crippen LogP contribution in [0.4, 0.5) is 11.4 Å².